The molecule has 3 heteroatoms. The monoisotopic (exact) mass is 294 g/mol. The highest BCUT2D eigenvalue weighted by molar-refractivity contribution is 5.87. The first-order valence-corrected chi connectivity index (χ1v) is 7.52. The normalized spacial score (nSPS) is 12.9. The molecule has 0 aromatic heterocycles. The highest BCUT2D eigenvalue weighted by Gasteiger charge is 2.18. The lowest BCUT2D eigenvalue weighted by Gasteiger charge is -2.20. The lowest BCUT2D eigenvalue weighted by Crippen LogP contribution is -2.10. The molecule has 0 bridgehead atoms. The van der Waals surface area contributed by atoms with Crippen LogP contribution in [0.25, 0.3) is 5.57 Å². The van der Waals surface area contributed by atoms with Crippen LogP contribution in [0.2, 0.25) is 0 Å². The zero-order chi connectivity index (χ0) is 15.4. The molecule has 0 saturated heterocycles. The van der Waals surface area contributed by atoms with Crippen LogP contribution in [0.1, 0.15) is 30.9 Å². The topological polar surface area (TPSA) is 35.5 Å². The molecule has 0 unspecified atom stereocenters. The third-order valence-electron chi connectivity index (χ3n) is 3.56. The van der Waals surface area contributed by atoms with Crippen molar-refractivity contribution >= 4 is 11.5 Å². The van der Waals surface area contributed by atoms with Crippen molar-refractivity contribution in [2.24, 2.45) is 0 Å². The molecule has 22 heavy (non-hydrogen) atoms. The van der Waals surface area contributed by atoms with Gasteiger partial charge in [0, 0.05) is 17.5 Å². The number of hydrogen-bond acceptors (Lipinski definition) is 3. The molecule has 1 heterocycles. The van der Waals surface area contributed by atoms with Gasteiger partial charge < -0.3 is 9.47 Å². The van der Waals surface area contributed by atoms with Crippen LogP contribution in [0.15, 0.2) is 54.6 Å². The molecule has 2 aromatic carbocycles. The average Bonchev–Trinajstić information content (AvgIpc) is 2.55. The van der Waals surface area contributed by atoms with Crippen LogP contribution in [0.5, 0.6) is 11.5 Å². The first kappa shape index (κ1) is 14.4. The van der Waals surface area contributed by atoms with E-state index in [1.807, 2.05) is 61.5 Å². The van der Waals surface area contributed by atoms with Gasteiger partial charge in [-0.15, -0.1) is 0 Å². The van der Waals surface area contributed by atoms with Gasteiger partial charge in [-0.1, -0.05) is 43.3 Å². The third kappa shape index (κ3) is 2.89. The predicted molar refractivity (Wildman–Crippen MR) is 86.0 cm³/mol. The minimum absolute atomic E-state index is 0.198. The van der Waals surface area contributed by atoms with Crippen LogP contribution in [-0.4, -0.2) is 12.6 Å². The average molecular weight is 294 g/mol. The molecular formula is C19H18O3. The Labute approximate surface area is 130 Å². The second-order valence-corrected chi connectivity index (χ2v) is 5.15. The van der Waals surface area contributed by atoms with E-state index in [0.717, 1.165) is 28.9 Å². The molecule has 112 valence electrons. The van der Waals surface area contributed by atoms with Crippen molar-refractivity contribution in [2.45, 2.75) is 19.8 Å². The van der Waals surface area contributed by atoms with E-state index in [-0.39, 0.29) is 5.97 Å². The highest BCUT2D eigenvalue weighted by atomic mass is 16.5. The van der Waals surface area contributed by atoms with Gasteiger partial charge >= 0.3 is 5.97 Å². The second-order valence-electron chi connectivity index (χ2n) is 5.15. The smallest absolute Gasteiger partial charge is 0.311 e. The van der Waals surface area contributed by atoms with Crippen LogP contribution >= 0.6 is 0 Å². The lowest BCUT2D eigenvalue weighted by molar-refractivity contribution is -0.134. The molecule has 0 aliphatic carbocycles. The zero-order valence-corrected chi connectivity index (χ0v) is 12.5. The Morgan fingerprint density at radius 2 is 1.82 bits per heavy atom. The Morgan fingerprint density at radius 3 is 2.64 bits per heavy atom. The molecule has 0 spiro atoms. The van der Waals surface area contributed by atoms with Crippen LogP contribution in [-0.2, 0) is 4.79 Å². The number of benzene rings is 2. The van der Waals surface area contributed by atoms with Gasteiger partial charge in [0.05, 0.1) is 0 Å². The molecule has 3 nitrogen and oxygen atoms in total. The van der Waals surface area contributed by atoms with E-state index in [1.54, 1.807) is 0 Å². The minimum Gasteiger partial charge on any atom is -0.489 e. The minimum atomic E-state index is -0.198. The van der Waals surface area contributed by atoms with E-state index in [2.05, 4.69) is 0 Å². The number of carbonyl (C=O) groups is 1. The molecule has 3 rings (SSSR count). The number of ether oxygens (including phenoxy) is 2. The van der Waals surface area contributed by atoms with E-state index < -0.39 is 0 Å². The van der Waals surface area contributed by atoms with E-state index in [4.69, 9.17) is 9.47 Å². The quantitative estimate of drug-likeness (QED) is 0.625. The summed E-state index contributed by atoms with van der Waals surface area (Å²) in [7, 11) is 0. The van der Waals surface area contributed by atoms with Crippen LogP contribution in [0, 0.1) is 0 Å². The number of para-hydroxylation sites is 2. The van der Waals surface area contributed by atoms with E-state index in [1.165, 1.54) is 0 Å². The molecule has 0 radical (unpaired) electrons. The molecule has 0 fully saturated rings. The van der Waals surface area contributed by atoms with Crippen molar-refractivity contribution in [3.63, 3.8) is 0 Å². The van der Waals surface area contributed by atoms with Crippen molar-refractivity contribution in [1.82, 2.24) is 0 Å². The Bertz CT molecular complexity index is 716. The largest absolute Gasteiger partial charge is 0.489 e. The van der Waals surface area contributed by atoms with E-state index in [0.29, 0.717) is 18.8 Å². The van der Waals surface area contributed by atoms with Crippen molar-refractivity contribution < 1.29 is 14.3 Å². The standard InChI is InChI=1S/C19H18O3/c1-2-7-19(20)22-18-11-6-4-9-16(18)14-12-13-21-17-10-5-3-8-15(14)17/h3-6,8-12H,2,7,13H2,1H3. The number of hydrogen-bond donors (Lipinski definition) is 0. The first-order chi connectivity index (χ1) is 10.8. The summed E-state index contributed by atoms with van der Waals surface area (Å²) in [6, 6.07) is 15.5. The third-order valence-corrected chi connectivity index (χ3v) is 3.56. The van der Waals surface area contributed by atoms with Crippen LogP contribution < -0.4 is 9.47 Å². The van der Waals surface area contributed by atoms with Crippen molar-refractivity contribution in [2.75, 3.05) is 6.61 Å². The van der Waals surface area contributed by atoms with Crippen LogP contribution in [0.4, 0.5) is 0 Å². The summed E-state index contributed by atoms with van der Waals surface area (Å²) in [6.07, 6.45) is 3.22. The fourth-order valence-corrected chi connectivity index (χ4v) is 2.55. The highest BCUT2D eigenvalue weighted by Crippen LogP contribution is 2.37. The predicted octanol–water partition coefficient (Wildman–Crippen LogP) is 4.22. The maximum absolute atomic E-state index is 11.8. The van der Waals surface area contributed by atoms with E-state index >= 15 is 0 Å². The van der Waals surface area contributed by atoms with Gasteiger partial charge in [-0.25, -0.2) is 0 Å². The fourth-order valence-electron chi connectivity index (χ4n) is 2.55. The van der Waals surface area contributed by atoms with Gasteiger partial charge in [0.25, 0.3) is 0 Å². The SMILES string of the molecule is CCCC(=O)Oc1ccccc1C1=CCOc2ccccc21. The Morgan fingerprint density at radius 1 is 1.09 bits per heavy atom. The van der Waals surface area contributed by atoms with Gasteiger partial charge in [-0.05, 0) is 30.2 Å². The summed E-state index contributed by atoms with van der Waals surface area (Å²) in [5, 5.41) is 0. The van der Waals surface area contributed by atoms with Gasteiger partial charge in [0.1, 0.15) is 18.1 Å². The molecule has 0 amide bonds. The molecule has 2 aromatic rings. The molecule has 1 aliphatic heterocycles. The molecule has 1 aliphatic rings. The summed E-state index contributed by atoms with van der Waals surface area (Å²) in [4.78, 5) is 11.8. The number of fused-ring (bicyclic) bond motifs is 1. The number of rotatable bonds is 4. The molecular weight excluding hydrogens is 276 g/mol. The van der Waals surface area contributed by atoms with E-state index in [9.17, 15) is 4.79 Å². The molecule has 0 saturated carbocycles. The maximum atomic E-state index is 11.8. The Kier molecular flexibility index (Phi) is 4.24. The zero-order valence-electron chi connectivity index (χ0n) is 12.5. The number of carbonyl (C=O) groups excluding carboxylic acids is 1. The maximum Gasteiger partial charge on any atom is 0.311 e. The van der Waals surface area contributed by atoms with Gasteiger partial charge in [-0.2, -0.15) is 0 Å². The summed E-state index contributed by atoms with van der Waals surface area (Å²) >= 11 is 0. The van der Waals surface area contributed by atoms with Gasteiger partial charge in [-0.3, -0.25) is 4.79 Å². The second kappa shape index (κ2) is 6.48. The van der Waals surface area contributed by atoms with Gasteiger partial charge in [0.15, 0.2) is 0 Å². The van der Waals surface area contributed by atoms with Crippen LogP contribution in [0.3, 0.4) is 0 Å². The molecule has 0 atom stereocenters. The fraction of sp³-hybridized carbons (Fsp3) is 0.211. The number of esters is 1. The van der Waals surface area contributed by atoms with Gasteiger partial charge in [0.2, 0.25) is 0 Å². The summed E-state index contributed by atoms with van der Waals surface area (Å²) in [5.41, 5.74) is 2.98. The summed E-state index contributed by atoms with van der Waals surface area (Å²) < 4.78 is 11.2. The van der Waals surface area contributed by atoms with Crippen molar-refractivity contribution in [1.29, 1.82) is 0 Å². The molecule has 0 N–H and O–H groups in total. The first-order valence-electron chi connectivity index (χ1n) is 7.52. The van der Waals surface area contributed by atoms with Crippen molar-refractivity contribution in [3.8, 4) is 11.5 Å². The summed E-state index contributed by atoms with van der Waals surface area (Å²) in [6.45, 7) is 2.48. The lowest BCUT2D eigenvalue weighted by atomic mass is 9.95. The Hall–Kier alpha value is -2.55. The summed E-state index contributed by atoms with van der Waals surface area (Å²) in [5.74, 6) is 1.26. The Balaban J connectivity index is 1.99. The van der Waals surface area contributed by atoms with Crippen molar-refractivity contribution in [3.05, 3.63) is 65.7 Å².